The fourth-order valence-corrected chi connectivity index (χ4v) is 6.27. The smallest absolute Gasteiger partial charge is 0.249 e. The molecular weight excluding hydrogens is 598 g/mol. The molecule has 0 radical (unpaired) electrons. The summed E-state index contributed by atoms with van der Waals surface area (Å²) in [4.78, 5) is 30.4. The molecule has 1 atom stereocenters. The van der Waals surface area contributed by atoms with Gasteiger partial charge in [-0.15, -0.1) is 22.0 Å². The molecule has 11 heteroatoms. The Morgan fingerprint density at radius 3 is 2.59 bits per heavy atom. The lowest BCUT2D eigenvalue weighted by Gasteiger charge is -2.29. The van der Waals surface area contributed by atoms with Gasteiger partial charge in [-0.25, -0.2) is 0 Å². The molecule has 0 fully saturated rings. The van der Waals surface area contributed by atoms with E-state index in [2.05, 4.69) is 37.3 Å². The molecule has 3 aromatic carbocycles. The third-order valence-corrected chi connectivity index (χ3v) is 8.95. The summed E-state index contributed by atoms with van der Waals surface area (Å²) < 4.78 is 5.42. The van der Waals surface area contributed by atoms with Gasteiger partial charge in [0.15, 0.2) is 0 Å². The standard InChI is InChI=1S/C35H37N7O3S/c1-35(2,36-21-26-7-6-18-45-26)20-32(43)37-30-16-14-25-19-27(46-3)15-17-31(25)42(34(30)44)22-23-10-12-24(13-11-23)28-8-4-5-9-29(28)33-38-40-41-39-33/h4-13,15,17-19,30,36H,14,16,20-22H2,1-3H3,(H,37,43)(H,38,39,40,41)/t30-/m1/s1. The molecule has 2 aromatic heterocycles. The third-order valence-electron chi connectivity index (χ3n) is 8.22. The number of hydrogen-bond acceptors (Lipinski definition) is 8. The van der Waals surface area contributed by atoms with Gasteiger partial charge in [0, 0.05) is 28.1 Å². The van der Waals surface area contributed by atoms with Crippen LogP contribution in [0.4, 0.5) is 5.69 Å². The zero-order valence-corrected chi connectivity index (χ0v) is 26.9. The Labute approximate surface area is 272 Å². The first kappa shape index (κ1) is 31.3. The van der Waals surface area contributed by atoms with Gasteiger partial charge in [-0.1, -0.05) is 48.5 Å². The Bertz CT molecular complexity index is 1790. The summed E-state index contributed by atoms with van der Waals surface area (Å²) in [6.45, 7) is 4.83. The highest BCUT2D eigenvalue weighted by Gasteiger charge is 2.33. The van der Waals surface area contributed by atoms with Crippen molar-refractivity contribution in [3.05, 3.63) is 102 Å². The fraction of sp³-hybridized carbons (Fsp3) is 0.286. The number of aromatic amines is 1. The Balaban J connectivity index is 1.21. The molecule has 0 bridgehead atoms. The Hall–Kier alpha value is -4.74. The van der Waals surface area contributed by atoms with E-state index in [1.807, 2.05) is 97.8 Å². The summed E-state index contributed by atoms with van der Waals surface area (Å²) >= 11 is 1.67. The van der Waals surface area contributed by atoms with Gasteiger partial charge < -0.3 is 20.0 Å². The van der Waals surface area contributed by atoms with Crippen molar-refractivity contribution in [3.8, 4) is 22.5 Å². The van der Waals surface area contributed by atoms with Gasteiger partial charge in [-0.2, -0.15) is 5.21 Å². The van der Waals surface area contributed by atoms with Crippen LogP contribution in [0.15, 0.2) is 94.4 Å². The molecule has 3 heterocycles. The van der Waals surface area contributed by atoms with Crippen LogP contribution in [0.25, 0.3) is 22.5 Å². The van der Waals surface area contributed by atoms with Crippen molar-refractivity contribution in [2.24, 2.45) is 0 Å². The molecule has 3 N–H and O–H groups in total. The van der Waals surface area contributed by atoms with Crippen LogP contribution < -0.4 is 15.5 Å². The first-order chi connectivity index (χ1) is 22.3. The quantitative estimate of drug-likeness (QED) is 0.156. The minimum Gasteiger partial charge on any atom is -0.468 e. The highest BCUT2D eigenvalue weighted by Crippen LogP contribution is 2.33. The number of rotatable bonds is 11. The van der Waals surface area contributed by atoms with Crippen LogP contribution in [0.2, 0.25) is 0 Å². The van der Waals surface area contributed by atoms with Crippen molar-refractivity contribution in [3.63, 3.8) is 0 Å². The Kier molecular flexibility index (Phi) is 9.32. The summed E-state index contributed by atoms with van der Waals surface area (Å²) in [5.41, 5.74) is 5.33. The highest BCUT2D eigenvalue weighted by atomic mass is 32.2. The third kappa shape index (κ3) is 7.21. The number of nitrogens with zero attached hydrogens (tertiary/aromatic N) is 4. The minimum absolute atomic E-state index is 0.114. The summed E-state index contributed by atoms with van der Waals surface area (Å²) in [6, 6.07) is 25.4. The molecule has 0 spiro atoms. The van der Waals surface area contributed by atoms with Crippen molar-refractivity contribution >= 4 is 29.3 Å². The maximum Gasteiger partial charge on any atom is 0.249 e. The number of aromatic nitrogens is 4. The number of benzene rings is 3. The molecule has 2 amide bonds. The monoisotopic (exact) mass is 635 g/mol. The second kappa shape index (κ2) is 13.7. The van der Waals surface area contributed by atoms with Crippen LogP contribution in [0, 0.1) is 0 Å². The van der Waals surface area contributed by atoms with Gasteiger partial charge in [0.1, 0.15) is 11.8 Å². The highest BCUT2D eigenvalue weighted by molar-refractivity contribution is 7.98. The van der Waals surface area contributed by atoms with E-state index in [0.717, 1.165) is 44.2 Å². The molecule has 46 heavy (non-hydrogen) atoms. The van der Waals surface area contributed by atoms with E-state index < -0.39 is 11.6 Å². The topological polar surface area (TPSA) is 129 Å². The molecule has 10 nitrogen and oxygen atoms in total. The largest absolute Gasteiger partial charge is 0.468 e. The van der Waals surface area contributed by atoms with E-state index in [4.69, 9.17) is 4.42 Å². The predicted molar refractivity (Wildman–Crippen MR) is 179 cm³/mol. The van der Waals surface area contributed by atoms with E-state index in [0.29, 0.717) is 31.8 Å². The molecular formula is C35H37N7O3S. The lowest BCUT2D eigenvalue weighted by Crippen LogP contribution is -2.50. The second-order valence-corrected chi connectivity index (χ2v) is 12.9. The lowest BCUT2D eigenvalue weighted by atomic mass is 9.98. The summed E-state index contributed by atoms with van der Waals surface area (Å²) in [5, 5.41) is 21.0. The van der Waals surface area contributed by atoms with Crippen LogP contribution in [0.5, 0.6) is 0 Å². The number of nitrogens with one attached hydrogen (secondary N) is 3. The number of thioether (sulfide) groups is 1. The first-order valence-corrected chi connectivity index (χ1v) is 16.5. The molecule has 6 rings (SSSR count). The summed E-state index contributed by atoms with van der Waals surface area (Å²) in [7, 11) is 0. The minimum atomic E-state index is -0.639. The van der Waals surface area contributed by atoms with Crippen molar-refractivity contribution in [2.75, 3.05) is 11.2 Å². The van der Waals surface area contributed by atoms with Gasteiger partial charge in [-0.05, 0) is 90.7 Å². The Morgan fingerprint density at radius 2 is 1.87 bits per heavy atom. The van der Waals surface area contributed by atoms with Crippen molar-refractivity contribution < 1.29 is 14.0 Å². The van der Waals surface area contributed by atoms with E-state index in [1.165, 1.54) is 0 Å². The normalized spacial score (nSPS) is 15.0. The maximum atomic E-state index is 14.2. The first-order valence-electron chi connectivity index (χ1n) is 15.3. The zero-order valence-electron chi connectivity index (χ0n) is 26.1. The number of amides is 2. The van der Waals surface area contributed by atoms with Crippen molar-refractivity contribution in [1.29, 1.82) is 0 Å². The number of aryl methyl sites for hydroxylation is 1. The SMILES string of the molecule is CSc1ccc2c(c1)CC[C@@H](NC(=O)CC(C)(C)NCc1ccco1)C(=O)N2Cc1ccc(-c2ccccc2-c2nn[nH]n2)cc1. The fourth-order valence-electron chi connectivity index (χ4n) is 5.81. The Morgan fingerprint density at radius 1 is 1.07 bits per heavy atom. The maximum absolute atomic E-state index is 14.2. The average molecular weight is 636 g/mol. The number of anilines is 1. The van der Waals surface area contributed by atoms with Crippen molar-refractivity contribution in [2.45, 2.75) is 62.7 Å². The number of furan rings is 1. The molecule has 236 valence electrons. The molecule has 0 saturated carbocycles. The van der Waals surface area contributed by atoms with Crippen LogP contribution in [0.3, 0.4) is 0 Å². The molecule has 0 aliphatic carbocycles. The zero-order chi connectivity index (χ0) is 32.1. The number of fused-ring (bicyclic) bond motifs is 1. The van der Waals surface area contributed by atoms with Crippen LogP contribution in [-0.2, 0) is 29.1 Å². The lowest BCUT2D eigenvalue weighted by molar-refractivity contribution is -0.128. The molecule has 0 saturated heterocycles. The molecule has 0 unspecified atom stereocenters. The number of H-pyrrole nitrogens is 1. The van der Waals surface area contributed by atoms with E-state index in [-0.39, 0.29) is 18.2 Å². The van der Waals surface area contributed by atoms with E-state index >= 15 is 0 Å². The number of carbonyl (C=O) groups excluding carboxylic acids is 2. The number of tetrazole rings is 1. The predicted octanol–water partition coefficient (Wildman–Crippen LogP) is 5.77. The van der Waals surface area contributed by atoms with Crippen LogP contribution >= 0.6 is 11.8 Å². The van der Waals surface area contributed by atoms with Crippen molar-refractivity contribution in [1.82, 2.24) is 31.3 Å². The van der Waals surface area contributed by atoms with E-state index in [1.54, 1.807) is 18.0 Å². The van der Waals surface area contributed by atoms with Crippen LogP contribution in [-0.4, -0.2) is 50.3 Å². The second-order valence-electron chi connectivity index (χ2n) is 12.0. The van der Waals surface area contributed by atoms with E-state index in [9.17, 15) is 9.59 Å². The number of hydrogen-bond donors (Lipinski definition) is 3. The van der Waals surface area contributed by atoms with Gasteiger partial charge >= 0.3 is 0 Å². The summed E-state index contributed by atoms with van der Waals surface area (Å²) in [6.07, 6.45) is 5.10. The molecule has 1 aliphatic rings. The van der Waals surface area contributed by atoms with Gasteiger partial charge in [0.05, 0.1) is 19.4 Å². The van der Waals surface area contributed by atoms with Gasteiger partial charge in [0.2, 0.25) is 17.6 Å². The number of carbonyl (C=O) groups is 2. The van der Waals surface area contributed by atoms with Gasteiger partial charge in [0.25, 0.3) is 0 Å². The molecule has 5 aromatic rings. The van der Waals surface area contributed by atoms with Crippen LogP contribution in [0.1, 0.15) is 43.6 Å². The average Bonchev–Trinajstić information content (AvgIpc) is 3.78. The van der Waals surface area contributed by atoms with Gasteiger partial charge in [-0.3, -0.25) is 9.59 Å². The summed E-state index contributed by atoms with van der Waals surface area (Å²) in [5.74, 6) is 1.04. The molecule has 1 aliphatic heterocycles.